The Morgan fingerprint density at radius 2 is 1.46 bits per heavy atom. The second kappa shape index (κ2) is 10.9. The van der Waals surface area contributed by atoms with Gasteiger partial charge < -0.3 is 5.11 Å². The minimum absolute atomic E-state index is 0.0524. The number of halogens is 2. The summed E-state index contributed by atoms with van der Waals surface area (Å²) < 4.78 is 54.1. The number of ketones is 1. The van der Waals surface area contributed by atoms with E-state index in [1.54, 1.807) is 50.2 Å². The number of hydrogen-bond acceptors (Lipinski definition) is 4. The Balaban J connectivity index is 1.67. The second-order valence-corrected chi connectivity index (χ2v) is 10.2. The summed E-state index contributed by atoms with van der Waals surface area (Å²) in [6.07, 6.45) is -0.0576. The van der Waals surface area contributed by atoms with Gasteiger partial charge in [0.1, 0.15) is 23.5 Å². The normalized spacial score (nSPS) is 12.5. The fourth-order valence-electron chi connectivity index (χ4n) is 3.52. The third kappa shape index (κ3) is 6.80. The van der Waals surface area contributed by atoms with Crippen LogP contribution in [-0.4, -0.2) is 31.3 Å². The van der Waals surface area contributed by atoms with Gasteiger partial charge in [-0.3, -0.25) is 9.59 Å². The number of benzene rings is 3. The van der Waals surface area contributed by atoms with E-state index in [4.69, 9.17) is 0 Å². The van der Waals surface area contributed by atoms with Crippen LogP contribution in [-0.2, 0) is 32.5 Å². The predicted molar refractivity (Wildman–Crippen MR) is 127 cm³/mol. The van der Waals surface area contributed by atoms with Gasteiger partial charge in [0.2, 0.25) is 10.0 Å². The highest BCUT2D eigenvalue weighted by molar-refractivity contribution is 7.89. The molecule has 0 spiro atoms. The van der Waals surface area contributed by atoms with Gasteiger partial charge in [-0.1, -0.05) is 56.3 Å². The molecule has 0 saturated heterocycles. The van der Waals surface area contributed by atoms with Gasteiger partial charge in [-0.05, 0) is 46.4 Å². The number of carbonyl (C=O) groups is 2. The number of hydrogen-bond donors (Lipinski definition) is 2. The molecule has 0 fully saturated rings. The van der Waals surface area contributed by atoms with Crippen molar-refractivity contribution in [3.05, 3.63) is 89.5 Å². The van der Waals surface area contributed by atoms with Gasteiger partial charge >= 0.3 is 5.97 Å². The molecule has 6 nitrogen and oxygen atoms in total. The maximum atomic E-state index is 13.8. The number of aliphatic carboxylic acids is 1. The lowest BCUT2D eigenvalue weighted by Gasteiger charge is -2.18. The van der Waals surface area contributed by atoms with Crippen LogP contribution in [0.4, 0.5) is 8.78 Å². The molecule has 0 aliphatic carbocycles. The van der Waals surface area contributed by atoms with Crippen LogP contribution in [0.15, 0.2) is 71.6 Å². The summed E-state index contributed by atoms with van der Waals surface area (Å²) in [6.45, 7) is 3.23. The molecule has 0 radical (unpaired) electrons. The molecule has 3 rings (SSSR count). The molecule has 9 heteroatoms. The molecule has 2 N–H and O–H groups in total. The number of Topliss-reactive ketones (excluding diaryl/α,β-unsaturated/α-hetero) is 1. The highest BCUT2D eigenvalue weighted by atomic mass is 32.2. The molecular weight excluding hydrogens is 476 g/mol. The van der Waals surface area contributed by atoms with Crippen molar-refractivity contribution in [3.63, 3.8) is 0 Å². The molecule has 0 bridgehead atoms. The van der Waals surface area contributed by atoms with Crippen LogP contribution < -0.4 is 4.72 Å². The van der Waals surface area contributed by atoms with Crippen LogP contribution in [0, 0.1) is 17.6 Å². The lowest BCUT2D eigenvalue weighted by molar-refractivity contribution is -0.140. The average molecular weight is 502 g/mol. The summed E-state index contributed by atoms with van der Waals surface area (Å²) in [5.41, 5.74) is 2.38. The Morgan fingerprint density at radius 1 is 0.886 bits per heavy atom. The highest BCUT2D eigenvalue weighted by Crippen LogP contribution is 2.23. The van der Waals surface area contributed by atoms with Crippen LogP contribution in [0.2, 0.25) is 0 Å². The van der Waals surface area contributed by atoms with E-state index in [9.17, 15) is 31.9 Å². The van der Waals surface area contributed by atoms with E-state index in [2.05, 4.69) is 4.72 Å². The fraction of sp³-hybridized carbons (Fsp3) is 0.231. The van der Waals surface area contributed by atoms with E-state index in [0.29, 0.717) is 0 Å². The average Bonchev–Trinajstić information content (AvgIpc) is 2.79. The zero-order valence-corrected chi connectivity index (χ0v) is 20.0. The van der Waals surface area contributed by atoms with Crippen molar-refractivity contribution < 1.29 is 31.9 Å². The van der Waals surface area contributed by atoms with Gasteiger partial charge in [-0.2, -0.15) is 4.72 Å². The van der Waals surface area contributed by atoms with Crippen LogP contribution in [0.25, 0.3) is 11.1 Å². The van der Waals surface area contributed by atoms with Crippen LogP contribution in [0.1, 0.15) is 25.0 Å². The SMILES string of the molecule is CC(C)[C@H](NS(=O)(=O)c1ccc(-c2ccc(CC(=O)Cc3ccc(F)cc3F)cc2)cc1)C(=O)O. The van der Waals surface area contributed by atoms with E-state index < -0.39 is 39.6 Å². The van der Waals surface area contributed by atoms with Gasteiger partial charge in [0.15, 0.2) is 0 Å². The summed E-state index contributed by atoms with van der Waals surface area (Å²) >= 11 is 0. The summed E-state index contributed by atoms with van der Waals surface area (Å²) in [5, 5.41) is 9.24. The lowest BCUT2D eigenvalue weighted by atomic mass is 9.99. The van der Waals surface area contributed by atoms with E-state index in [-0.39, 0.29) is 29.1 Å². The maximum Gasteiger partial charge on any atom is 0.322 e. The number of carboxylic acids is 1. The molecule has 35 heavy (non-hydrogen) atoms. The van der Waals surface area contributed by atoms with Gasteiger partial charge in [0.25, 0.3) is 0 Å². The monoisotopic (exact) mass is 501 g/mol. The van der Waals surface area contributed by atoms with Gasteiger partial charge in [-0.15, -0.1) is 0 Å². The Bertz CT molecular complexity index is 1320. The third-order valence-corrected chi connectivity index (χ3v) is 6.93. The number of rotatable bonds is 10. The molecule has 0 aliphatic heterocycles. The van der Waals surface area contributed by atoms with Crippen LogP contribution in [0.3, 0.4) is 0 Å². The first-order valence-corrected chi connectivity index (χ1v) is 12.3. The zero-order chi connectivity index (χ0) is 25.8. The number of carboxylic acid groups (broad SMARTS) is 1. The Kier molecular flexibility index (Phi) is 8.14. The first-order valence-electron chi connectivity index (χ1n) is 10.9. The molecule has 3 aromatic carbocycles. The molecule has 0 aromatic heterocycles. The van der Waals surface area contributed by atoms with Gasteiger partial charge in [0.05, 0.1) is 4.90 Å². The lowest BCUT2D eigenvalue weighted by Crippen LogP contribution is -2.44. The minimum atomic E-state index is -4.02. The number of sulfonamides is 1. The van der Waals surface area contributed by atoms with Crippen molar-refractivity contribution in [2.45, 2.75) is 37.6 Å². The van der Waals surface area contributed by atoms with Gasteiger partial charge in [-0.25, -0.2) is 17.2 Å². The molecule has 0 unspecified atom stereocenters. The van der Waals surface area contributed by atoms with Crippen LogP contribution in [0.5, 0.6) is 0 Å². The molecule has 184 valence electrons. The Morgan fingerprint density at radius 3 is 1.97 bits per heavy atom. The van der Waals surface area contributed by atoms with Crippen LogP contribution >= 0.6 is 0 Å². The van der Waals surface area contributed by atoms with E-state index >= 15 is 0 Å². The standard InChI is InChI=1S/C26H25F2NO5S/c1-16(2)25(26(31)32)29-35(33,34)23-11-8-19(9-12-23)18-5-3-17(4-6-18)13-22(30)14-20-7-10-21(27)15-24(20)28/h3-12,15-16,25,29H,13-14H2,1-2H3,(H,31,32)/t25-/m0/s1. The number of nitrogens with one attached hydrogen (secondary N) is 1. The minimum Gasteiger partial charge on any atom is -0.480 e. The molecule has 0 saturated carbocycles. The van der Waals surface area contributed by atoms with Crippen molar-refractivity contribution in [3.8, 4) is 11.1 Å². The maximum absolute atomic E-state index is 13.8. The Labute approximate surface area is 202 Å². The summed E-state index contributed by atoms with van der Waals surface area (Å²) in [4.78, 5) is 23.6. The molecule has 1 atom stereocenters. The smallest absolute Gasteiger partial charge is 0.322 e. The quantitative estimate of drug-likeness (QED) is 0.430. The summed E-state index contributed by atoms with van der Waals surface area (Å²) in [7, 11) is -4.02. The van der Waals surface area contributed by atoms with Crippen molar-refractivity contribution in [1.82, 2.24) is 4.72 Å². The van der Waals surface area contributed by atoms with E-state index in [1.807, 2.05) is 0 Å². The van der Waals surface area contributed by atoms with Gasteiger partial charge in [0, 0.05) is 18.9 Å². The third-order valence-electron chi connectivity index (χ3n) is 5.47. The first kappa shape index (κ1) is 26.2. The molecular formula is C26H25F2NO5S. The highest BCUT2D eigenvalue weighted by Gasteiger charge is 2.28. The molecule has 3 aromatic rings. The topological polar surface area (TPSA) is 101 Å². The Hall–Kier alpha value is -3.43. The van der Waals surface area contributed by atoms with Crippen molar-refractivity contribution in [2.24, 2.45) is 5.92 Å². The summed E-state index contributed by atoms with van der Waals surface area (Å²) in [5.74, 6) is -3.34. The fourth-order valence-corrected chi connectivity index (χ4v) is 4.85. The van der Waals surface area contributed by atoms with Crippen molar-refractivity contribution in [1.29, 1.82) is 0 Å². The molecule has 0 amide bonds. The number of carbonyl (C=O) groups excluding carboxylic acids is 1. The second-order valence-electron chi connectivity index (χ2n) is 8.53. The van der Waals surface area contributed by atoms with E-state index in [1.165, 1.54) is 18.2 Å². The molecule has 0 heterocycles. The summed E-state index contributed by atoms with van der Waals surface area (Å²) in [6, 6.07) is 14.9. The zero-order valence-electron chi connectivity index (χ0n) is 19.2. The first-order chi connectivity index (χ1) is 16.5. The van der Waals surface area contributed by atoms with Crippen molar-refractivity contribution in [2.75, 3.05) is 0 Å². The largest absolute Gasteiger partial charge is 0.480 e. The van der Waals surface area contributed by atoms with Crippen molar-refractivity contribution >= 4 is 21.8 Å². The molecule has 0 aliphatic rings. The predicted octanol–water partition coefficient (Wildman–Crippen LogP) is 4.37. The van der Waals surface area contributed by atoms with E-state index in [0.717, 1.165) is 28.8 Å².